The molecule has 5 nitrogen and oxygen atoms in total. The van der Waals surface area contributed by atoms with Gasteiger partial charge in [-0.2, -0.15) is 0 Å². The van der Waals surface area contributed by atoms with Crippen LogP contribution in [0.5, 0.6) is 0 Å². The van der Waals surface area contributed by atoms with E-state index in [9.17, 15) is 0 Å². The summed E-state index contributed by atoms with van der Waals surface area (Å²) in [6.45, 7) is 4.01. The standard InChI is InChI=1S/C11H14N4O/c1-7-10-9(16-15-7)6-13-11(14-10)8-2-4-12-5-3-8/h6,8,12H,2-5H2,1H3. The van der Waals surface area contributed by atoms with Gasteiger partial charge in [-0.3, -0.25) is 0 Å². The van der Waals surface area contributed by atoms with Crippen molar-refractivity contribution in [1.82, 2.24) is 20.4 Å². The first-order valence-corrected chi connectivity index (χ1v) is 5.64. The van der Waals surface area contributed by atoms with Crippen LogP contribution in [0.15, 0.2) is 10.7 Å². The number of aromatic nitrogens is 3. The Bertz CT molecular complexity index is 502. The summed E-state index contributed by atoms with van der Waals surface area (Å²) in [7, 11) is 0. The van der Waals surface area contributed by atoms with E-state index in [1.165, 1.54) is 0 Å². The summed E-state index contributed by atoms with van der Waals surface area (Å²) in [5.41, 5.74) is 2.37. The molecule has 2 aromatic heterocycles. The SMILES string of the molecule is Cc1noc2cnc(C3CCNCC3)nc12. The molecule has 84 valence electrons. The molecular formula is C11H14N4O. The molecule has 0 unspecified atom stereocenters. The van der Waals surface area contributed by atoms with Crippen molar-refractivity contribution in [3.63, 3.8) is 0 Å². The lowest BCUT2D eigenvalue weighted by atomic mass is 9.97. The fourth-order valence-corrected chi connectivity index (χ4v) is 2.15. The molecule has 0 atom stereocenters. The monoisotopic (exact) mass is 218 g/mol. The molecule has 0 bridgehead atoms. The lowest BCUT2D eigenvalue weighted by Crippen LogP contribution is -2.27. The number of fused-ring (bicyclic) bond motifs is 1. The Kier molecular flexibility index (Phi) is 2.32. The van der Waals surface area contributed by atoms with Crippen LogP contribution in [0.1, 0.15) is 30.3 Å². The summed E-state index contributed by atoms with van der Waals surface area (Å²) in [6.07, 6.45) is 3.95. The molecule has 0 spiro atoms. The molecule has 5 heteroatoms. The molecule has 0 radical (unpaired) electrons. The van der Waals surface area contributed by atoms with Crippen LogP contribution in [0.3, 0.4) is 0 Å². The van der Waals surface area contributed by atoms with E-state index in [0.717, 1.165) is 43.0 Å². The first-order valence-electron chi connectivity index (χ1n) is 5.64. The van der Waals surface area contributed by atoms with Gasteiger partial charge in [0.2, 0.25) is 5.58 Å². The molecule has 1 saturated heterocycles. The van der Waals surface area contributed by atoms with Crippen molar-refractivity contribution in [3.05, 3.63) is 17.7 Å². The van der Waals surface area contributed by atoms with Gasteiger partial charge in [0.1, 0.15) is 17.0 Å². The highest BCUT2D eigenvalue weighted by atomic mass is 16.5. The molecule has 3 heterocycles. The Morgan fingerprint density at radius 2 is 2.19 bits per heavy atom. The third-order valence-corrected chi connectivity index (χ3v) is 3.10. The van der Waals surface area contributed by atoms with E-state index in [2.05, 4.69) is 20.4 Å². The minimum absolute atomic E-state index is 0.472. The number of hydrogen-bond acceptors (Lipinski definition) is 5. The van der Waals surface area contributed by atoms with Crippen LogP contribution in [0, 0.1) is 6.92 Å². The van der Waals surface area contributed by atoms with Gasteiger partial charge in [-0.1, -0.05) is 5.16 Å². The van der Waals surface area contributed by atoms with Gasteiger partial charge < -0.3 is 9.84 Å². The zero-order chi connectivity index (χ0) is 11.0. The maximum absolute atomic E-state index is 5.10. The van der Waals surface area contributed by atoms with E-state index in [1.54, 1.807) is 6.20 Å². The second kappa shape index (κ2) is 3.83. The number of nitrogens with zero attached hydrogens (tertiary/aromatic N) is 3. The Morgan fingerprint density at radius 3 is 3.00 bits per heavy atom. The predicted molar refractivity (Wildman–Crippen MR) is 59.2 cm³/mol. The lowest BCUT2D eigenvalue weighted by molar-refractivity contribution is 0.441. The maximum atomic E-state index is 5.10. The topological polar surface area (TPSA) is 63.8 Å². The van der Waals surface area contributed by atoms with E-state index in [1.807, 2.05) is 6.92 Å². The quantitative estimate of drug-likeness (QED) is 0.783. The third-order valence-electron chi connectivity index (χ3n) is 3.10. The first-order chi connectivity index (χ1) is 7.84. The molecule has 2 aromatic rings. The lowest BCUT2D eigenvalue weighted by Gasteiger charge is -2.20. The first kappa shape index (κ1) is 9.72. The highest BCUT2D eigenvalue weighted by molar-refractivity contribution is 5.73. The average molecular weight is 218 g/mol. The van der Waals surface area contributed by atoms with Crippen LogP contribution < -0.4 is 5.32 Å². The van der Waals surface area contributed by atoms with Crippen molar-refractivity contribution in [2.75, 3.05) is 13.1 Å². The van der Waals surface area contributed by atoms with Crippen LogP contribution in [-0.2, 0) is 0 Å². The summed E-state index contributed by atoms with van der Waals surface area (Å²) in [5, 5.41) is 7.23. The number of aryl methyl sites for hydroxylation is 1. The normalized spacial score (nSPS) is 18.1. The van der Waals surface area contributed by atoms with Crippen LogP contribution in [0.2, 0.25) is 0 Å². The summed E-state index contributed by atoms with van der Waals surface area (Å²) in [4.78, 5) is 8.93. The largest absolute Gasteiger partial charge is 0.353 e. The number of nitrogens with one attached hydrogen (secondary N) is 1. The molecule has 1 aliphatic heterocycles. The molecule has 1 aliphatic rings. The molecule has 0 aromatic carbocycles. The van der Waals surface area contributed by atoms with Crippen molar-refractivity contribution < 1.29 is 4.52 Å². The van der Waals surface area contributed by atoms with E-state index >= 15 is 0 Å². The van der Waals surface area contributed by atoms with E-state index in [0.29, 0.717) is 11.5 Å². The van der Waals surface area contributed by atoms with E-state index < -0.39 is 0 Å². The predicted octanol–water partition coefficient (Wildman–Crippen LogP) is 1.39. The van der Waals surface area contributed by atoms with Gasteiger partial charge in [-0.15, -0.1) is 0 Å². The number of rotatable bonds is 1. The fourth-order valence-electron chi connectivity index (χ4n) is 2.15. The van der Waals surface area contributed by atoms with Crippen molar-refractivity contribution in [1.29, 1.82) is 0 Å². The molecule has 0 amide bonds. The van der Waals surface area contributed by atoms with Crippen molar-refractivity contribution >= 4 is 11.1 Å². The Morgan fingerprint density at radius 1 is 1.38 bits per heavy atom. The zero-order valence-electron chi connectivity index (χ0n) is 9.23. The molecular weight excluding hydrogens is 204 g/mol. The molecule has 1 N–H and O–H groups in total. The molecule has 0 aliphatic carbocycles. The maximum Gasteiger partial charge on any atom is 0.203 e. The average Bonchev–Trinajstić information content (AvgIpc) is 2.72. The highest BCUT2D eigenvalue weighted by Gasteiger charge is 2.19. The van der Waals surface area contributed by atoms with Crippen LogP contribution in [0.25, 0.3) is 11.1 Å². The van der Waals surface area contributed by atoms with Gasteiger partial charge in [0, 0.05) is 5.92 Å². The molecule has 3 rings (SSSR count). The van der Waals surface area contributed by atoms with Crippen molar-refractivity contribution in [3.8, 4) is 0 Å². The minimum atomic E-state index is 0.472. The van der Waals surface area contributed by atoms with Gasteiger partial charge in [-0.25, -0.2) is 9.97 Å². The third kappa shape index (κ3) is 1.57. The van der Waals surface area contributed by atoms with Gasteiger partial charge >= 0.3 is 0 Å². The second-order valence-corrected chi connectivity index (χ2v) is 4.23. The molecule has 1 fully saturated rings. The molecule has 16 heavy (non-hydrogen) atoms. The van der Waals surface area contributed by atoms with Crippen LogP contribution in [0.4, 0.5) is 0 Å². The van der Waals surface area contributed by atoms with E-state index in [4.69, 9.17) is 4.52 Å². The van der Waals surface area contributed by atoms with Gasteiger partial charge in [0.15, 0.2) is 0 Å². The second-order valence-electron chi connectivity index (χ2n) is 4.23. The number of hydrogen-bond donors (Lipinski definition) is 1. The van der Waals surface area contributed by atoms with Gasteiger partial charge in [-0.05, 0) is 32.9 Å². The summed E-state index contributed by atoms with van der Waals surface area (Å²) in [6, 6.07) is 0. The summed E-state index contributed by atoms with van der Waals surface area (Å²) < 4.78 is 5.10. The van der Waals surface area contributed by atoms with Gasteiger partial charge in [0.05, 0.1) is 6.20 Å². The summed E-state index contributed by atoms with van der Waals surface area (Å²) >= 11 is 0. The van der Waals surface area contributed by atoms with Gasteiger partial charge in [0.25, 0.3) is 0 Å². The van der Waals surface area contributed by atoms with Crippen molar-refractivity contribution in [2.45, 2.75) is 25.7 Å². The van der Waals surface area contributed by atoms with Crippen LogP contribution in [-0.4, -0.2) is 28.2 Å². The minimum Gasteiger partial charge on any atom is -0.353 e. The number of piperidine rings is 1. The fraction of sp³-hybridized carbons (Fsp3) is 0.545. The van der Waals surface area contributed by atoms with E-state index in [-0.39, 0.29) is 0 Å². The Labute approximate surface area is 93.3 Å². The Balaban J connectivity index is 1.99. The highest BCUT2D eigenvalue weighted by Crippen LogP contribution is 2.24. The zero-order valence-corrected chi connectivity index (χ0v) is 9.23. The summed E-state index contributed by atoms with van der Waals surface area (Å²) in [5.74, 6) is 1.40. The van der Waals surface area contributed by atoms with Crippen LogP contribution >= 0.6 is 0 Å². The molecule has 0 saturated carbocycles. The van der Waals surface area contributed by atoms with Crippen molar-refractivity contribution in [2.24, 2.45) is 0 Å². The smallest absolute Gasteiger partial charge is 0.203 e. The Hall–Kier alpha value is -1.49.